The van der Waals surface area contributed by atoms with Gasteiger partial charge in [0.15, 0.2) is 5.78 Å². The molecule has 0 saturated heterocycles. The van der Waals surface area contributed by atoms with Crippen molar-refractivity contribution in [1.82, 2.24) is 9.88 Å². The lowest BCUT2D eigenvalue weighted by molar-refractivity contribution is 0.0642. The van der Waals surface area contributed by atoms with Crippen molar-refractivity contribution in [2.24, 2.45) is 0 Å². The number of carbonyl (C=O) groups excluding carboxylic acids is 2. The van der Waals surface area contributed by atoms with Crippen LogP contribution in [0.1, 0.15) is 57.9 Å². The van der Waals surface area contributed by atoms with Crippen LogP contribution in [0.25, 0.3) is 0 Å². The average molecular weight is 342 g/mol. The van der Waals surface area contributed by atoms with Gasteiger partial charge >= 0.3 is 0 Å². The summed E-state index contributed by atoms with van der Waals surface area (Å²) >= 11 is 0. The van der Waals surface area contributed by atoms with E-state index in [2.05, 4.69) is 4.98 Å². The first-order valence-corrected chi connectivity index (χ1v) is 8.52. The third-order valence-electron chi connectivity index (χ3n) is 4.54. The molecule has 0 aliphatic heterocycles. The number of ketones is 1. The molecule has 0 radical (unpaired) electrons. The van der Waals surface area contributed by atoms with Crippen LogP contribution in [0.4, 0.5) is 0 Å². The van der Waals surface area contributed by atoms with E-state index in [1.165, 1.54) is 6.92 Å². The van der Waals surface area contributed by atoms with Crippen molar-refractivity contribution in [1.29, 1.82) is 0 Å². The minimum atomic E-state index is -0.155. The van der Waals surface area contributed by atoms with E-state index in [4.69, 9.17) is 0 Å². The van der Waals surface area contributed by atoms with E-state index in [0.717, 1.165) is 5.56 Å². The summed E-state index contributed by atoms with van der Waals surface area (Å²) in [7, 11) is 0. The molecule has 2 rings (SSSR count). The molecule has 0 bridgehead atoms. The highest BCUT2D eigenvalue weighted by atomic mass is 16.3. The van der Waals surface area contributed by atoms with Crippen LogP contribution in [0.2, 0.25) is 0 Å². The predicted molar refractivity (Wildman–Crippen MR) is 97.8 cm³/mol. The van der Waals surface area contributed by atoms with Gasteiger partial charge in [0.05, 0.1) is 0 Å². The van der Waals surface area contributed by atoms with Gasteiger partial charge in [0.1, 0.15) is 5.69 Å². The number of carbonyl (C=O) groups is 2. The number of aryl methyl sites for hydroxylation is 1. The second-order valence-corrected chi connectivity index (χ2v) is 6.46. The fourth-order valence-electron chi connectivity index (χ4n) is 3.19. The van der Waals surface area contributed by atoms with E-state index < -0.39 is 0 Å². The molecule has 134 valence electrons. The molecule has 1 amide bonds. The van der Waals surface area contributed by atoms with Crippen LogP contribution in [0.5, 0.6) is 0 Å². The molecule has 2 aromatic rings. The third-order valence-corrected chi connectivity index (χ3v) is 4.54. The van der Waals surface area contributed by atoms with Gasteiger partial charge in [-0.15, -0.1) is 0 Å². The molecular weight excluding hydrogens is 316 g/mol. The summed E-state index contributed by atoms with van der Waals surface area (Å²) in [4.78, 5) is 29.8. The number of nitrogens with one attached hydrogen (secondary N) is 1. The molecular formula is C20H26N2O3. The Hall–Kier alpha value is -2.40. The van der Waals surface area contributed by atoms with Crippen molar-refractivity contribution < 1.29 is 14.7 Å². The molecule has 25 heavy (non-hydrogen) atoms. The number of aliphatic hydroxyl groups is 1. The summed E-state index contributed by atoms with van der Waals surface area (Å²) in [6, 6.07) is 9.63. The zero-order chi connectivity index (χ0) is 18.6. The van der Waals surface area contributed by atoms with Gasteiger partial charge in [-0.05, 0) is 45.2 Å². The summed E-state index contributed by atoms with van der Waals surface area (Å²) in [5, 5.41) is 9.29. The number of H-pyrrole nitrogens is 1. The molecule has 0 saturated carbocycles. The van der Waals surface area contributed by atoms with Gasteiger partial charge in [-0.1, -0.05) is 30.3 Å². The van der Waals surface area contributed by atoms with Crippen molar-refractivity contribution in [3.63, 3.8) is 0 Å². The van der Waals surface area contributed by atoms with Crippen LogP contribution < -0.4 is 0 Å². The Labute approximate surface area is 148 Å². The van der Waals surface area contributed by atoms with Gasteiger partial charge in [-0.3, -0.25) is 9.59 Å². The van der Waals surface area contributed by atoms with E-state index in [1.807, 2.05) is 37.3 Å². The number of hydrogen-bond acceptors (Lipinski definition) is 3. The van der Waals surface area contributed by atoms with Crippen LogP contribution in [0.15, 0.2) is 30.3 Å². The summed E-state index contributed by atoms with van der Waals surface area (Å²) in [6.45, 7) is 7.50. The van der Waals surface area contributed by atoms with Crippen molar-refractivity contribution in [2.45, 2.75) is 46.7 Å². The number of aromatic nitrogens is 1. The maximum atomic E-state index is 13.2. The first-order valence-electron chi connectivity index (χ1n) is 8.52. The largest absolute Gasteiger partial charge is 0.396 e. The van der Waals surface area contributed by atoms with Crippen LogP contribution in [0, 0.1) is 13.8 Å². The number of amides is 1. The third kappa shape index (κ3) is 4.17. The second kappa shape index (κ2) is 8.12. The molecule has 0 spiro atoms. The predicted octanol–water partition coefficient (Wildman–Crippen LogP) is 3.25. The number of aromatic amines is 1. The normalized spacial score (nSPS) is 12.0. The molecule has 0 aliphatic rings. The molecule has 5 heteroatoms. The lowest BCUT2D eigenvalue weighted by atomic mass is 10.1. The van der Waals surface area contributed by atoms with E-state index >= 15 is 0 Å². The average Bonchev–Trinajstić information content (AvgIpc) is 2.87. The second-order valence-electron chi connectivity index (χ2n) is 6.46. The number of Topliss-reactive ketones (excluding diaryl/α,β-unsaturated/α-hetero) is 1. The Morgan fingerprint density at radius 1 is 1.20 bits per heavy atom. The van der Waals surface area contributed by atoms with Crippen molar-refractivity contribution >= 4 is 11.7 Å². The van der Waals surface area contributed by atoms with Gasteiger partial charge in [0, 0.05) is 30.5 Å². The summed E-state index contributed by atoms with van der Waals surface area (Å²) < 4.78 is 0. The van der Waals surface area contributed by atoms with Crippen LogP contribution in [-0.2, 0) is 6.54 Å². The minimum absolute atomic E-state index is 0.0150. The van der Waals surface area contributed by atoms with E-state index in [-0.39, 0.29) is 24.3 Å². The molecule has 1 unspecified atom stereocenters. The molecule has 1 atom stereocenters. The molecule has 5 nitrogen and oxygen atoms in total. The standard InChI is InChI=1S/C20H26N2O3/c1-13(10-11-23)22(12-17-8-6-5-7-9-17)20(25)19-14(2)18(16(4)24)15(3)21-19/h5-9,13,21,23H,10-12H2,1-4H3. The Morgan fingerprint density at radius 2 is 1.84 bits per heavy atom. The number of benzene rings is 1. The van der Waals surface area contributed by atoms with Crippen LogP contribution in [0.3, 0.4) is 0 Å². The van der Waals surface area contributed by atoms with Gasteiger partial charge in [-0.2, -0.15) is 0 Å². The zero-order valence-corrected chi connectivity index (χ0v) is 15.3. The fraction of sp³-hybridized carbons (Fsp3) is 0.400. The van der Waals surface area contributed by atoms with Gasteiger partial charge in [0.2, 0.25) is 0 Å². The lowest BCUT2D eigenvalue weighted by Crippen LogP contribution is -2.39. The topological polar surface area (TPSA) is 73.4 Å². The molecule has 1 aromatic heterocycles. The SMILES string of the molecule is CC(=O)c1c(C)[nH]c(C(=O)N(Cc2ccccc2)C(C)CCO)c1C. The fourth-order valence-corrected chi connectivity index (χ4v) is 3.19. The molecule has 0 aliphatic carbocycles. The van der Waals surface area contributed by atoms with Crippen molar-refractivity contribution in [3.8, 4) is 0 Å². The zero-order valence-electron chi connectivity index (χ0n) is 15.3. The van der Waals surface area contributed by atoms with Crippen LogP contribution >= 0.6 is 0 Å². The van der Waals surface area contributed by atoms with Crippen molar-refractivity contribution in [3.05, 3.63) is 58.4 Å². The summed E-state index contributed by atoms with van der Waals surface area (Å²) in [5.41, 5.74) is 3.45. The number of hydrogen-bond donors (Lipinski definition) is 2. The molecule has 2 N–H and O–H groups in total. The maximum absolute atomic E-state index is 13.2. The first kappa shape index (κ1) is 18.9. The Morgan fingerprint density at radius 3 is 2.36 bits per heavy atom. The number of rotatable bonds is 7. The van der Waals surface area contributed by atoms with Crippen LogP contribution in [-0.4, -0.2) is 39.3 Å². The van der Waals surface area contributed by atoms with E-state index in [1.54, 1.807) is 18.7 Å². The molecule has 0 fully saturated rings. The molecule has 1 heterocycles. The highest BCUT2D eigenvalue weighted by Gasteiger charge is 2.27. The number of nitrogens with zero attached hydrogens (tertiary/aromatic N) is 1. The summed E-state index contributed by atoms with van der Waals surface area (Å²) in [6.07, 6.45) is 0.497. The quantitative estimate of drug-likeness (QED) is 0.759. The monoisotopic (exact) mass is 342 g/mol. The highest BCUT2D eigenvalue weighted by Crippen LogP contribution is 2.22. The Balaban J connectivity index is 2.38. The van der Waals surface area contributed by atoms with Gasteiger partial charge in [-0.25, -0.2) is 0 Å². The maximum Gasteiger partial charge on any atom is 0.271 e. The smallest absolute Gasteiger partial charge is 0.271 e. The number of aliphatic hydroxyl groups excluding tert-OH is 1. The summed E-state index contributed by atoms with van der Waals surface area (Å²) in [5.74, 6) is -0.207. The highest BCUT2D eigenvalue weighted by molar-refractivity contribution is 6.02. The van der Waals surface area contributed by atoms with Crippen molar-refractivity contribution in [2.75, 3.05) is 6.61 Å². The van der Waals surface area contributed by atoms with E-state index in [0.29, 0.717) is 35.5 Å². The van der Waals surface area contributed by atoms with E-state index in [9.17, 15) is 14.7 Å². The molecule has 1 aromatic carbocycles. The Bertz CT molecular complexity index is 750. The first-order chi connectivity index (χ1) is 11.9. The lowest BCUT2D eigenvalue weighted by Gasteiger charge is -2.29. The minimum Gasteiger partial charge on any atom is -0.396 e. The Kier molecular flexibility index (Phi) is 6.15. The van der Waals surface area contributed by atoms with Gasteiger partial charge in [0.25, 0.3) is 5.91 Å². The van der Waals surface area contributed by atoms with Gasteiger partial charge < -0.3 is 15.0 Å².